The summed E-state index contributed by atoms with van der Waals surface area (Å²) >= 11 is 0. The Bertz CT molecular complexity index is 565. The van der Waals surface area contributed by atoms with Gasteiger partial charge in [-0.2, -0.15) is 0 Å². The van der Waals surface area contributed by atoms with Crippen molar-refractivity contribution >= 4 is 5.82 Å². The normalized spacial score (nSPS) is 25.8. The monoisotopic (exact) mass is 268 g/mol. The molecule has 3 rings (SSSR count). The number of hydrogen-bond acceptors (Lipinski definition) is 2. The minimum atomic E-state index is 0.531. The van der Waals surface area contributed by atoms with E-state index < -0.39 is 0 Å². The molecular weight excluding hydrogens is 246 g/mol. The Morgan fingerprint density at radius 1 is 1.20 bits per heavy atom. The smallest absolute Gasteiger partial charge is 0.123 e. The molecule has 20 heavy (non-hydrogen) atoms. The Balaban J connectivity index is 1.85. The van der Waals surface area contributed by atoms with Crippen LogP contribution in [0.25, 0.3) is 0 Å². The minimum absolute atomic E-state index is 0.531. The summed E-state index contributed by atoms with van der Waals surface area (Å²) in [5.41, 5.74) is 8.42. The van der Waals surface area contributed by atoms with E-state index >= 15 is 0 Å². The number of rotatable bonds is 3. The van der Waals surface area contributed by atoms with E-state index in [0.717, 1.165) is 11.0 Å². The number of quaternary nitrogens is 1. The number of anilines is 1. The van der Waals surface area contributed by atoms with Crippen LogP contribution in [-0.2, 0) is 6.54 Å². The average molecular weight is 268 g/mol. The second kappa shape index (κ2) is 5.25. The summed E-state index contributed by atoms with van der Waals surface area (Å²) in [6.45, 7) is 2.31. The van der Waals surface area contributed by atoms with E-state index in [2.05, 4.69) is 48.4 Å². The first-order valence-electron chi connectivity index (χ1n) is 7.27. The molecule has 1 aromatic carbocycles. The van der Waals surface area contributed by atoms with Gasteiger partial charge in [-0.3, -0.25) is 0 Å². The number of likely N-dealkylation sites (tertiary alicyclic amines) is 1. The minimum Gasteiger partial charge on any atom is -0.384 e. The standard InChI is InChI=1S/C17H22N3/c1-20(13-14-6-3-2-4-7-14)11-5-8-16(20)15-9-10-17(18)19-12-15/h2-4,6-7,9-10,12,16H,5,8,11,13H2,1H3,(H2,18,19)/q+1/t16-,20?/m1/s1. The van der Waals surface area contributed by atoms with Crippen molar-refractivity contribution in [2.45, 2.75) is 25.4 Å². The van der Waals surface area contributed by atoms with E-state index in [-0.39, 0.29) is 0 Å². The molecule has 3 heteroatoms. The van der Waals surface area contributed by atoms with E-state index in [9.17, 15) is 0 Å². The lowest BCUT2D eigenvalue weighted by molar-refractivity contribution is -0.939. The fourth-order valence-electron chi connectivity index (χ4n) is 3.44. The number of pyridine rings is 1. The van der Waals surface area contributed by atoms with Gasteiger partial charge >= 0.3 is 0 Å². The van der Waals surface area contributed by atoms with Crippen molar-refractivity contribution in [2.75, 3.05) is 19.3 Å². The van der Waals surface area contributed by atoms with Gasteiger partial charge in [0, 0.05) is 30.2 Å². The first-order valence-corrected chi connectivity index (χ1v) is 7.27. The van der Waals surface area contributed by atoms with E-state index in [1.165, 1.54) is 30.5 Å². The van der Waals surface area contributed by atoms with Crippen LogP contribution in [0, 0.1) is 0 Å². The van der Waals surface area contributed by atoms with Crippen LogP contribution >= 0.6 is 0 Å². The van der Waals surface area contributed by atoms with Gasteiger partial charge in [0.2, 0.25) is 0 Å². The van der Waals surface area contributed by atoms with E-state index in [1.54, 1.807) is 0 Å². The van der Waals surface area contributed by atoms with Crippen molar-refractivity contribution < 1.29 is 4.48 Å². The maximum atomic E-state index is 5.70. The predicted octanol–water partition coefficient (Wildman–Crippen LogP) is 3.15. The van der Waals surface area contributed by atoms with Crippen LogP contribution in [0.2, 0.25) is 0 Å². The Morgan fingerprint density at radius 2 is 2.00 bits per heavy atom. The van der Waals surface area contributed by atoms with Gasteiger partial charge in [-0.15, -0.1) is 0 Å². The number of nitrogen functional groups attached to an aromatic ring is 1. The van der Waals surface area contributed by atoms with Gasteiger partial charge in [0.1, 0.15) is 18.4 Å². The van der Waals surface area contributed by atoms with Crippen molar-refractivity contribution in [3.63, 3.8) is 0 Å². The molecule has 2 heterocycles. The molecule has 0 radical (unpaired) electrons. The molecule has 1 saturated heterocycles. The fraction of sp³-hybridized carbons (Fsp3) is 0.353. The van der Waals surface area contributed by atoms with Gasteiger partial charge < -0.3 is 10.2 Å². The molecule has 0 saturated carbocycles. The van der Waals surface area contributed by atoms with Gasteiger partial charge in [0.15, 0.2) is 0 Å². The van der Waals surface area contributed by atoms with Crippen molar-refractivity contribution in [3.05, 3.63) is 59.8 Å². The van der Waals surface area contributed by atoms with E-state index in [0.29, 0.717) is 11.9 Å². The Kier molecular flexibility index (Phi) is 3.45. The molecule has 0 amide bonds. The van der Waals surface area contributed by atoms with Gasteiger partial charge in [0.05, 0.1) is 13.6 Å². The van der Waals surface area contributed by atoms with Crippen LogP contribution < -0.4 is 5.73 Å². The van der Waals surface area contributed by atoms with E-state index in [4.69, 9.17) is 5.73 Å². The highest BCUT2D eigenvalue weighted by atomic mass is 15.4. The lowest BCUT2D eigenvalue weighted by Crippen LogP contribution is -2.42. The quantitative estimate of drug-likeness (QED) is 0.869. The van der Waals surface area contributed by atoms with Crippen LogP contribution in [0.4, 0.5) is 5.82 Å². The zero-order valence-corrected chi connectivity index (χ0v) is 12.0. The highest BCUT2D eigenvalue weighted by Crippen LogP contribution is 2.39. The Morgan fingerprint density at radius 3 is 2.70 bits per heavy atom. The van der Waals surface area contributed by atoms with Crippen LogP contribution in [0.5, 0.6) is 0 Å². The summed E-state index contributed by atoms with van der Waals surface area (Å²) < 4.78 is 1.07. The highest BCUT2D eigenvalue weighted by Gasteiger charge is 2.39. The number of nitrogens with zero attached hydrogens (tertiary/aromatic N) is 2. The maximum absolute atomic E-state index is 5.70. The molecular formula is C17H22N3+. The molecule has 3 nitrogen and oxygen atoms in total. The number of nitrogens with two attached hydrogens (primary N) is 1. The number of benzene rings is 1. The third kappa shape index (κ3) is 2.54. The van der Waals surface area contributed by atoms with Crippen LogP contribution in [0.1, 0.15) is 30.0 Å². The predicted molar refractivity (Wildman–Crippen MR) is 81.8 cm³/mol. The van der Waals surface area contributed by atoms with Gasteiger partial charge in [-0.05, 0) is 12.1 Å². The van der Waals surface area contributed by atoms with Crippen LogP contribution in [-0.4, -0.2) is 23.1 Å². The largest absolute Gasteiger partial charge is 0.384 e. The molecule has 104 valence electrons. The number of aromatic nitrogens is 1. The second-order valence-corrected chi connectivity index (χ2v) is 6.02. The zero-order chi connectivity index (χ0) is 14.0. The summed E-state index contributed by atoms with van der Waals surface area (Å²) in [7, 11) is 2.36. The lowest BCUT2D eigenvalue weighted by Gasteiger charge is -2.36. The summed E-state index contributed by atoms with van der Waals surface area (Å²) in [5.74, 6) is 0.601. The van der Waals surface area contributed by atoms with Crippen molar-refractivity contribution in [2.24, 2.45) is 0 Å². The lowest BCUT2D eigenvalue weighted by atomic mass is 10.0. The van der Waals surface area contributed by atoms with E-state index in [1.807, 2.05) is 12.3 Å². The maximum Gasteiger partial charge on any atom is 0.123 e. The van der Waals surface area contributed by atoms with Crippen LogP contribution in [0.15, 0.2) is 48.7 Å². The third-order valence-electron chi connectivity index (χ3n) is 4.48. The molecule has 1 aromatic heterocycles. The third-order valence-corrected chi connectivity index (χ3v) is 4.48. The average Bonchev–Trinajstić information content (AvgIpc) is 2.82. The first kappa shape index (κ1) is 13.1. The summed E-state index contributed by atoms with van der Waals surface area (Å²) in [5, 5.41) is 0. The SMILES string of the molecule is C[N+]1(Cc2ccccc2)CCC[C@@H]1c1ccc(N)nc1. The van der Waals surface area contributed by atoms with Gasteiger partial charge in [0.25, 0.3) is 0 Å². The summed E-state index contributed by atoms with van der Waals surface area (Å²) in [4.78, 5) is 4.26. The van der Waals surface area contributed by atoms with Crippen molar-refractivity contribution in [3.8, 4) is 0 Å². The molecule has 1 aliphatic rings. The molecule has 0 bridgehead atoms. The topological polar surface area (TPSA) is 38.9 Å². The van der Waals surface area contributed by atoms with Crippen LogP contribution in [0.3, 0.4) is 0 Å². The number of hydrogen-bond donors (Lipinski definition) is 1. The van der Waals surface area contributed by atoms with Crippen molar-refractivity contribution in [1.29, 1.82) is 0 Å². The molecule has 2 aromatic rings. The van der Waals surface area contributed by atoms with Crippen molar-refractivity contribution in [1.82, 2.24) is 4.98 Å². The summed E-state index contributed by atoms with van der Waals surface area (Å²) in [6.07, 6.45) is 4.46. The second-order valence-electron chi connectivity index (χ2n) is 6.02. The zero-order valence-electron chi connectivity index (χ0n) is 12.0. The molecule has 1 unspecified atom stereocenters. The highest BCUT2D eigenvalue weighted by molar-refractivity contribution is 5.30. The van der Waals surface area contributed by atoms with Gasteiger partial charge in [-0.1, -0.05) is 30.3 Å². The molecule has 2 N–H and O–H groups in total. The molecule has 0 spiro atoms. The van der Waals surface area contributed by atoms with Gasteiger partial charge in [-0.25, -0.2) is 4.98 Å². The molecule has 1 fully saturated rings. The molecule has 2 atom stereocenters. The Labute approximate surface area is 120 Å². The molecule has 1 aliphatic heterocycles. The first-order chi connectivity index (χ1) is 9.67. The fourth-order valence-corrected chi connectivity index (χ4v) is 3.44. The summed E-state index contributed by atoms with van der Waals surface area (Å²) in [6, 6.07) is 15.4. The molecule has 0 aliphatic carbocycles. The Hall–Kier alpha value is -1.87.